The monoisotopic (exact) mass is 288 g/mol. The molecule has 0 radical (unpaired) electrons. The minimum Gasteiger partial charge on any atom is -0.468 e. The van der Waals surface area contributed by atoms with Crippen LogP contribution in [0.1, 0.15) is 6.92 Å². The van der Waals surface area contributed by atoms with Crippen molar-refractivity contribution >= 4 is 34.3 Å². The average Bonchev–Trinajstić information content (AvgIpc) is 2.89. The molecule has 3 rings (SSSR count). The maximum atomic E-state index is 11.5. The van der Waals surface area contributed by atoms with Gasteiger partial charge in [-0.2, -0.15) is 0 Å². The smallest absolute Gasteiger partial charge is 0.318 e. The second kappa shape index (κ2) is 5.09. The van der Waals surface area contributed by atoms with Gasteiger partial charge in [-0.15, -0.1) is 10.2 Å². The van der Waals surface area contributed by atoms with Crippen LogP contribution in [0.3, 0.4) is 0 Å². The molecule has 0 saturated heterocycles. The summed E-state index contributed by atoms with van der Waals surface area (Å²) in [6, 6.07) is 7.73. The molecule has 2 heterocycles. The van der Waals surface area contributed by atoms with Gasteiger partial charge in [-0.05, 0) is 19.1 Å². The van der Waals surface area contributed by atoms with Crippen LogP contribution in [-0.2, 0) is 9.53 Å². The number of esters is 1. The van der Waals surface area contributed by atoms with E-state index in [0.29, 0.717) is 5.16 Å². The van der Waals surface area contributed by atoms with Crippen LogP contribution in [0.15, 0.2) is 35.7 Å². The number of methoxy groups -OCH3 is 1. The molecular formula is C13H12N4O2S. The SMILES string of the molecule is COC(=O)[C@H](C)Sc1nnc2c3ccccc3ncn12. The largest absolute Gasteiger partial charge is 0.468 e. The van der Waals surface area contributed by atoms with Gasteiger partial charge in [-0.25, -0.2) is 4.98 Å². The van der Waals surface area contributed by atoms with Gasteiger partial charge in [-0.1, -0.05) is 23.9 Å². The standard InChI is InChI=1S/C13H12N4O2S/c1-8(12(18)19-2)20-13-16-15-11-9-5-3-4-6-10(9)14-7-17(11)13/h3-8H,1-2H3/t8-/m0/s1. The van der Waals surface area contributed by atoms with Crippen LogP contribution in [0.4, 0.5) is 0 Å². The zero-order valence-corrected chi connectivity index (χ0v) is 11.8. The number of fused-ring (bicyclic) bond motifs is 3. The maximum absolute atomic E-state index is 11.5. The molecule has 0 amide bonds. The fourth-order valence-corrected chi connectivity index (χ4v) is 2.76. The highest BCUT2D eigenvalue weighted by Gasteiger charge is 2.19. The molecule has 6 nitrogen and oxygen atoms in total. The van der Waals surface area contributed by atoms with Gasteiger partial charge in [0.1, 0.15) is 11.6 Å². The van der Waals surface area contributed by atoms with Crippen molar-refractivity contribution in [1.29, 1.82) is 0 Å². The van der Waals surface area contributed by atoms with Crippen molar-refractivity contribution in [1.82, 2.24) is 19.6 Å². The molecule has 20 heavy (non-hydrogen) atoms. The molecule has 0 N–H and O–H groups in total. The molecule has 102 valence electrons. The predicted molar refractivity (Wildman–Crippen MR) is 75.6 cm³/mol. The van der Waals surface area contributed by atoms with E-state index in [2.05, 4.69) is 15.2 Å². The molecule has 7 heteroatoms. The Labute approximate surface area is 119 Å². The van der Waals surface area contributed by atoms with Crippen molar-refractivity contribution in [3.05, 3.63) is 30.6 Å². The van der Waals surface area contributed by atoms with Crippen molar-refractivity contribution < 1.29 is 9.53 Å². The Hall–Kier alpha value is -2.15. The highest BCUT2D eigenvalue weighted by Crippen LogP contribution is 2.25. The molecule has 0 aliphatic heterocycles. The molecule has 0 aliphatic rings. The van der Waals surface area contributed by atoms with Gasteiger partial charge in [0.15, 0.2) is 10.8 Å². The van der Waals surface area contributed by atoms with Gasteiger partial charge < -0.3 is 4.74 Å². The van der Waals surface area contributed by atoms with Crippen LogP contribution in [-0.4, -0.2) is 37.9 Å². The molecule has 0 saturated carbocycles. The van der Waals surface area contributed by atoms with E-state index in [9.17, 15) is 4.79 Å². The van der Waals surface area contributed by atoms with Crippen molar-refractivity contribution in [3.8, 4) is 0 Å². The first-order chi connectivity index (χ1) is 9.70. The number of carbonyl (C=O) groups is 1. The van der Waals surface area contributed by atoms with Crippen LogP contribution >= 0.6 is 11.8 Å². The Balaban J connectivity index is 2.06. The average molecular weight is 288 g/mol. The van der Waals surface area contributed by atoms with Crippen molar-refractivity contribution in [3.63, 3.8) is 0 Å². The highest BCUT2D eigenvalue weighted by atomic mass is 32.2. The third-order valence-corrected chi connectivity index (χ3v) is 3.97. The fourth-order valence-electron chi connectivity index (χ4n) is 1.91. The molecule has 1 aromatic carbocycles. The minimum absolute atomic E-state index is 0.291. The molecule has 2 aromatic heterocycles. The van der Waals surface area contributed by atoms with Crippen LogP contribution in [0.2, 0.25) is 0 Å². The van der Waals surface area contributed by atoms with Crippen molar-refractivity contribution in [2.45, 2.75) is 17.3 Å². The highest BCUT2D eigenvalue weighted by molar-refractivity contribution is 8.00. The zero-order valence-electron chi connectivity index (χ0n) is 11.0. The van der Waals surface area contributed by atoms with Crippen molar-refractivity contribution in [2.75, 3.05) is 7.11 Å². The molecule has 1 atom stereocenters. The summed E-state index contributed by atoms with van der Waals surface area (Å²) in [7, 11) is 1.37. The van der Waals surface area contributed by atoms with E-state index in [4.69, 9.17) is 4.74 Å². The summed E-state index contributed by atoms with van der Waals surface area (Å²) in [6.07, 6.45) is 1.67. The number of thioether (sulfide) groups is 1. The lowest BCUT2D eigenvalue weighted by Gasteiger charge is -2.07. The van der Waals surface area contributed by atoms with Gasteiger partial charge >= 0.3 is 5.97 Å². The Bertz CT molecular complexity index is 786. The van der Waals surface area contributed by atoms with E-state index in [1.165, 1.54) is 18.9 Å². The summed E-state index contributed by atoms with van der Waals surface area (Å²) >= 11 is 1.30. The lowest BCUT2D eigenvalue weighted by atomic mass is 10.2. The number of hydrogen-bond acceptors (Lipinski definition) is 6. The van der Waals surface area contributed by atoms with Crippen LogP contribution < -0.4 is 0 Å². The Morgan fingerprint density at radius 3 is 2.95 bits per heavy atom. The normalized spacial score (nSPS) is 12.7. The number of ether oxygens (including phenoxy) is 1. The number of carbonyl (C=O) groups excluding carboxylic acids is 1. The van der Waals surface area contributed by atoms with E-state index >= 15 is 0 Å². The summed E-state index contributed by atoms with van der Waals surface area (Å²) in [4.78, 5) is 15.8. The summed E-state index contributed by atoms with van der Waals surface area (Å²) in [5, 5.41) is 9.52. The third-order valence-electron chi connectivity index (χ3n) is 2.94. The number of nitrogens with zero attached hydrogens (tertiary/aromatic N) is 4. The van der Waals surface area contributed by atoms with Crippen LogP contribution in [0.25, 0.3) is 16.6 Å². The second-order valence-electron chi connectivity index (χ2n) is 4.22. The zero-order chi connectivity index (χ0) is 14.1. The topological polar surface area (TPSA) is 69.4 Å². The first-order valence-corrected chi connectivity index (χ1v) is 6.91. The Kier molecular flexibility index (Phi) is 3.27. The van der Waals surface area contributed by atoms with E-state index < -0.39 is 0 Å². The fraction of sp³-hybridized carbons (Fsp3) is 0.231. The first kappa shape index (κ1) is 12.9. The molecular weight excluding hydrogens is 276 g/mol. The van der Waals surface area contributed by atoms with Gasteiger partial charge in [-0.3, -0.25) is 9.20 Å². The summed E-state index contributed by atoms with van der Waals surface area (Å²) in [5.74, 6) is -0.291. The second-order valence-corrected chi connectivity index (χ2v) is 5.53. The summed E-state index contributed by atoms with van der Waals surface area (Å²) < 4.78 is 6.49. The number of rotatable bonds is 3. The van der Waals surface area contributed by atoms with Gasteiger partial charge in [0.2, 0.25) is 0 Å². The van der Waals surface area contributed by atoms with E-state index in [0.717, 1.165) is 16.6 Å². The molecule has 0 fully saturated rings. The lowest BCUT2D eigenvalue weighted by Crippen LogP contribution is -2.15. The van der Waals surface area contributed by atoms with E-state index in [1.807, 2.05) is 24.3 Å². The van der Waals surface area contributed by atoms with E-state index in [-0.39, 0.29) is 11.2 Å². The number of para-hydroxylation sites is 1. The summed E-state index contributed by atoms with van der Waals surface area (Å²) in [6.45, 7) is 1.77. The molecule has 0 aliphatic carbocycles. The Morgan fingerprint density at radius 1 is 1.35 bits per heavy atom. The quantitative estimate of drug-likeness (QED) is 0.542. The van der Waals surface area contributed by atoms with E-state index in [1.54, 1.807) is 17.7 Å². The number of hydrogen-bond donors (Lipinski definition) is 0. The molecule has 0 spiro atoms. The third kappa shape index (κ3) is 2.09. The Morgan fingerprint density at radius 2 is 2.15 bits per heavy atom. The van der Waals surface area contributed by atoms with Gasteiger partial charge in [0, 0.05) is 5.39 Å². The van der Waals surface area contributed by atoms with Crippen molar-refractivity contribution in [2.24, 2.45) is 0 Å². The molecule has 3 aromatic rings. The minimum atomic E-state index is -0.348. The lowest BCUT2D eigenvalue weighted by molar-refractivity contribution is -0.139. The number of aromatic nitrogens is 4. The predicted octanol–water partition coefficient (Wildman–Crippen LogP) is 1.93. The van der Waals surface area contributed by atoms with Gasteiger partial charge in [0.05, 0.1) is 12.6 Å². The van der Waals surface area contributed by atoms with Crippen LogP contribution in [0.5, 0.6) is 0 Å². The first-order valence-electron chi connectivity index (χ1n) is 6.03. The molecule has 0 unspecified atom stereocenters. The summed E-state index contributed by atoms with van der Waals surface area (Å²) in [5.41, 5.74) is 1.60. The number of benzene rings is 1. The molecule has 0 bridgehead atoms. The maximum Gasteiger partial charge on any atom is 0.318 e. The van der Waals surface area contributed by atoms with Gasteiger partial charge in [0.25, 0.3) is 0 Å². The van der Waals surface area contributed by atoms with Crippen LogP contribution in [0, 0.1) is 0 Å².